The Morgan fingerprint density at radius 2 is 1.77 bits per heavy atom. The van der Waals surface area contributed by atoms with E-state index in [9.17, 15) is 10.1 Å². The summed E-state index contributed by atoms with van der Waals surface area (Å²) in [7, 11) is 0. The molecule has 3 nitrogen and oxygen atoms in total. The van der Waals surface area contributed by atoms with E-state index in [0.29, 0.717) is 10.0 Å². The molecule has 0 saturated carbocycles. The van der Waals surface area contributed by atoms with Gasteiger partial charge in [-0.05, 0) is 46.2 Å². The Balaban J connectivity index is 1.76. The molecule has 0 heterocycles. The quantitative estimate of drug-likeness (QED) is 0.488. The lowest BCUT2D eigenvalue weighted by Gasteiger charge is -2.06. The number of rotatable bonds is 4. The van der Waals surface area contributed by atoms with Gasteiger partial charge in [0.05, 0.1) is 10.0 Å². The van der Waals surface area contributed by atoms with E-state index in [0.717, 1.165) is 21.9 Å². The maximum absolute atomic E-state index is 12.3. The molecule has 0 aromatic heterocycles. The van der Waals surface area contributed by atoms with Crippen LogP contribution >= 0.6 is 23.2 Å². The van der Waals surface area contributed by atoms with Crippen molar-refractivity contribution < 1.29 is 4.79 Å². The fraction of sp³-hybridized carbons (Fsp3) is 0.0476. The van der Waals surface area contributed by atoms with E-state index in [4.69, 9.17) is 23.2 Å². The summed E-state index contributed by atoms with van der Waals surface area (Å²) in [5.41, 5.74) is 1.64. The van der Waals surface area contributed by atoms with Gasteiger partial charge in [-0.25, -0.2) is 0 Å². The molecule has 0 aliphatic rings. The predicted octanol–water partition coefficient (Wildman–Crippen LogP) is 5.37. The lowest BCUT2D eigenvalue weighted by molar-refractivity contribution is -0.117. The van der Waals surface area contributed by atoms with Crippen molar-refractivity contribution in [2.75, 3.05) is 0 Å². The first kappa shape index (κ1) is 18.0. The van der Waals surface area contributed by atoms with Gasteiger partial charge >= 0.3 is 0 Å². The summed E-state index contributed by atoms with van der Waals surface area (Å²) < 4.78 is 0. The Kier molecular flexibility index (Phi) is 5.58. The molecule has 0 bridgehead atoms. The fourth-order valence-corrected chi connectivity index (χ4v) is 2.86. The number of hydrogen-bond donors (Lipinski definition) is 1. The Bertz CT molecular complexity index is 1050. The predicted molar refractivity (Wildman–Crippen MR) is 106 cm³/mol. The molecule has 0 aliphatic carbocycles. The van der Waals surface area contributed by atoms with Crippen LogP contribution in [-0.2, 0) is 11.3 Å². The molecule has 0 atom stereocenters. The van der Waals surface area contributed by atoms with E-state index in [1.807, 2.05) is 48.5 Å². The van der Waals surface area contributed by atoms with Gasteiger partial charge in [0.25, 0.3) is 5.91 Å². The van der Waals surface area contributed by atoms with Gasteiger partial charge in [0, 0.05) is 6.54 Å². The van der Waals surface area contributed by atoms with Crippen molar-refractivity contribution in [2.24, 2.45) is 0 Å². The van der Waals surface area contributed by atoms with E-state index >= 15 is 0 Å². The number of halogens is 2. The van der Waals surface area contributed by atoms with Crippen LogP contribution in [0.5, 0.6) is 0 Å². The second-order valence-electron chi connectivity index (χ2n) is 5.71. The number of nitrogens with zero attached hydrogens (tertiary/aromatic N) is 1. The minimum Gasteiger partial charge on any atom is -0.347 e. The maximum Gasteiger partial charge on any atom is 0.262 e. The van der Waals surface area contributed by atoms with Crippen molar-refractivity contribution in [2.45, 2.75) is 6.54 Å². The highest BCUT2D eigenvalue weighted by Gasteiger charge is 2.09. The highest BCUT2D eigenvalue weighted by Crippen LogP contribution is 2.22. The standard InChI is InChI=1S/C21H14Cl2N2O/c22-19-8-6-15(11-20(19)23)13-25-21(26)18(12-24)10-14-5-7-16-3-1-2-4-17(16)9-14/h1-11H,13H2,(H,25,26)/b18-10+. The average molecular weight is 381 g/mol. The fourth-order valence-electron chi connectivity index (χ4n) is 2.54. The Hall–Kier alpha value is -2.80. The van der Waals surface area contributed by atoms with Gasteiger partial charge in [0.2, 0.25) is 0 Å². The second-order valence-corrected chi connectivity index (χ2v) is 6.52. The third kappa shape index (κ3) is 4.23. The number of nitriles is 1. The number of nitrogens with one attached hydrogen (secondary N) is 1. The topological polar surface area (TPSA) is 52.9 Å². The third-order valence-corrected chi connectivity index (χ3v) is 4.63. The Morgan fingerprint density at radius 1 is 1.00 bits per heavy atom. The zero-order chi connectivity index (χ0) is 18.5. The van der Waals surface area contributed by atoms with Crippen molar-refractivity contribution in [3.05, 3.63) is 87.4 Å². The van der Waals surface area contributed by atoms with Crippen molar-refractivity contribution in [3.63, 3.8) is 0 Å². The minimum atomic E-state index is -0.438. The van der Waals surface area contributed by atoms with Crippen molar-refractivity contribution in [3.8, 4) is 6.07 Å². The summed E-state index contributed by atoms with van der Waals surface area (Å²) in [5.74, 6) is -0.438. The first-order valence-corrected chi connectivity index (χ1v) is 8.65. The number of carbonyl (C=O) groups is 1. The van der Waals surface area contributed by atoms with Crippen LogP contribution in [-0.4, -0.2) is 5.91 Å². The Morgan fingerprint density at radius 3 is 2.50 bits per heavy atom. The molecule has 3 aromatic carbocycles. The van der Waals surface area contributed by atoms with E-state index in [2.05, 4.69) is 5.32 Å². The summed E-state index contributed by atoms with van der Waals surface area (Å²) in [4.78, 5) is 12.3. The molecular weight excluding hydrogens is 367 g/mol. The van der Waals surface area contributed by atoms with Crippen molar-refractivity contribution >= 4 is 46.0 Å². The van der Waals surface area contributed by atoms with Crippen LogP contribution in [0.25, 0.3) is 16.8 Å². The molecule has 0 aliphatic heterocycles. The SMILES string of the molecule is N#C/C(=C\c1ccc2ccccc2c1)C(=O)NCc1ccc(Cl)c(Cl)c1. The number of fused-ring (bicyclic) bond motifs is 1. The molecule has 3 rings (SSSR count). The Labute approximate surface area is 161 Å². The van der Waals surface area contributed by atoms with Crippen LogP contribution in [0.2, 0.25) is 10.0 Å². The minimum absolute atomic E-state index is 0.0420. The number of hydrogen-bond acceptors (Lipinski definition) is 2. The molecule has 0 unspecified atom stereocenters. The third-order valence-electron chi connectivity index (χ3n) is 3.89. The smallest absolute Gasteiger partial charge is 0.262 e. The highest BCUT2D eigenvalue weighted by atomic mass is 35.5. The molecule has 0 radical (unpaired) electrons. The molecule has 26 heavy (non-hydrogen) atoms. The van der Waals surface area contributed by atoms with Crippen LogP contribution in [0.3, 0.4) is 0 Å². The lowest BCUT2D eigenvalue weighted by Crippen LogP contribution is -2.23. The molecule has 1 amide bonds. The summed E-state index contributed by atoms with van der Waals surface area (Å²) in [6, 6.07) is 20.8. The summed E-state index contributed by atoms with van der Waals surface area (Å²) >= 11 is 11.8. The number of carbonyl (C=O) groups excluding carboxylic acids is 1. The molecule has 0 fully saturated rings. The highest BCUT2D eigenvalue weighted by molar-refractivity contribution is 6.42. The first-order valence-electron chi connectivity index (χ1n) is 7.89. The van der Waals surface area contributed by atoms with Gasteiger partial charge in [-0.2, -0.15) is 5.26 Å². The molecule has 0 saturated heterocycles. The molecule has 128 valence electrons. The van der Waals surface area contributed by atoms with Crippen LogP contribution in [0.4, 0.5) is 0 Å². The van der Waals surface area contributed by atoms with Crippen LogP contribution in [0.1, 0.15) is 11.1 Å². The normalized spacial score (nSPS) is 11.2. The molecule has 1 N–H and O–H groups in total. The van der Waals surface area contributed by atoms with E-state index < -0.39 is 5.91 Å². The van der Waals surface area contributed by atoms with E-state index in [-0.39, 0.29) is 12.1 Å². The first-order chi connectivity index (χ1) is 12.6. The number of amides is 1. The van der Waals surface area contributed by atoms with Gasteiger partial charge in [-0.1, -0.05) is 65.7 Å². The maximum atomic E-state index is 12.3. The van der Waals surface area contributed by atoms with Crippen molar-refractivity contribution in [1.82, 2.24) is 5.32 Å². The van der Waals surface area contributed by atoms with Gasteiger partial charge in [-0.3, -0.25) is 4.79 Å². The lowest BCUT2D eigenvalue weighted by atomic mass is 10.0. The van der Waals surface area contributed by atoms with E-state index in [1.165, 1.54) is 0 Å². The van der Waals surface area contributed by atoms with Gasteiger partial charge in [0.15, 0.2) is 0 Å². The zero-order valence-electron chi connectivity index (χ0n) is 13.7. The average Bonchev–Trinajstić information content (AvgIpc) is 2.66. The number of benzene rings is 3. The second kappa shape index (κ2) is 8.05. The molecular formula is C21H14Cl2N2O. The molecule has 5 heteroatoms. The monoisotopic (exact) mass is 380 g/mol. The zero-order valence-corrected chi connectivity index (χ0v) is 15.2. The van der Waals surface area contributed by atoms with E-state index in [1.54, 1.807) is 24.3 Å². The van der Waals surface area contributed by atoms with Crippen LogP contribution in [0, 0.1) is 11.3 Å². The summed E-state index contributed by atoms with van der Waals surface area (Å²) in [6.45, 7) is 0.256. The van der Waals surface area contributed by atoms with Crippen LogP contribution in [0.15, 0.2) is 66.2 Å². The van der Waals surface area contributed by atoms with Crippen LogP contribution < -0.4 is 5.32 Å². The summed E-state index contributed by atoms with van der Waals surface area (Å²) in [6.07, 6.45) is 1.58. The summed E-state index contributed by atoms with van der Waals surface area (Å²) in [5, 5.41) is 15.1. The van der Waals surface area contributed by atoms with Gasteiger partial charge in [0.1, 0.15) is 11.6 Å². The van der Waals surface area contributed by atoms with Gasteiger partial charge in [-0.15, -0.1) is 0 Å². The van der Waals surface area contributed by atoms with Crippen molar-refractivity contribution in [1.29, 1.82) is 5.26 Å². The van der Waals surface area contributed by atoms with Gasteiger partial charge < -0.3 is 5.32 Å². The molecule has 0 spiro atoms. The largest absolute Gasteiger partial charge is 0.347 e. The molecule has 3 aromatic rings.